The maximum absolute atomic E-state index is 13.5. The van der Waals surface area contributed by atoms with Gasteiger partial charge in [-0.2, -0.15) is 0 Å². The van der Waals surface area contributed by atoms with Gasteiger partial charge in [-0.3, -0.25) is 25.2 Å². The Morgan fingerprint density at radius 3 is 2.51 bits per heavy atom. The number of pyridine rings is 1. The number of anilines is 1. The Hall–Kier alpha value is -4.60. The van der Waals surface area contributed by atoms with Gasteiger partial charge in [0.2, 0.25) is 5.91 Å². The molecular formula is C25H18F2N4O4. The Labute approximate surface area is 197 Å². The minimum Gasteiger partial charge on any atom is -0.463 e. The standard InChI is InChI=1S/C25H18F2N4O4/c26-14-10-15(27)12-16(11-14)31-8-7-18(25(31)34)23(32)29-30-24(33)19-13-21(22-6-3-9-35-22)28-20-5-2-1-4-17(19)20/h1-6,9-13,18H,7-8H2,(H,29,32)(H,30,33). The van der Waals surface area contributed by atoms with E-state index < -0.39 is 35.3 Å². The number of amides is 3. The highest BCUT2D eigenvalue weighted by molar-refractivity contribution is 6.11. The van der Waals surface area contributed by atoms with Crippen LogP contribution in [0.1, 0.15) is 16.8 Å². The second-order valence-corrected chi connectivity index (χ2v) is 7.95. The third-order valence-electron chi connectivity index (χ3n) is 5.71. The number of hydrazine groups is 1. The van der Waals surface area contributed by atoms with Crippen LogP contribution in [0.4, 0.5) is 14.5 Å². The monoisotopic (exact) mass is 476 g/mol. The van der Waals surface area contributed by atoms with Crippen LogP contribution in [-0.2, 0) is 9.59 Å². The molecule has 4 aromatic rings. The molecule has 8 nitrogen and oxygen atoms in total. The van der Waals surface area contributed by atoms with Crippen LogP contribution in [0.15, 0.2) is 71.3 Å². The highest BCUT2D eigenvalue weighted by Gasteiger charge is 2.38. The van der Waals surface area contributed by atoms with Gasteiger partial charge in [-0.1, -0.05) is 18.2 Å². The molecule has 0 saturated carbocycles. The summed E-state index contributed by atoms with van der Waals surface area (Å²) < 4.78 is 32.5. The van der Waals surface area contributed by atoms with E-state index in [1.165, 1.54) is 6.26 Å². The lowest BCUT2D eigenvalue weighted by molar-refractivity contribution is -0.132. The smallest absolute Gasteiger partial charge is 0.270 e. The number of nitrogens with zero attached hydrogens (tertiary/aromatic N) is 2. The second kappa shape index (κ2) is 8.98. The number of carbonyl (C=O) groups excluding carboxylic acids is 3. The molecule has 0 aliphatic carbocycles. The molecule has 5 rings (SSSR count). The zero-order valence-electron chi connectivity index (χ0n) is 18.1. The minimum absolute atomic E-state index is 0.0283. The van der Waals surface area contributed by atoms with E-state index in [4.69, 9.17) is 4.42 Å². The van der Waals surface area contributed by atoms with E-state index in [0.29, 0.717) is 28.4 Å². The zero-order chi connectivity index (χ0) is 24.5. The molecule has 2 aromatic heterocycles. The fourth-order valence-corrected chi connectivity index (χ4v) is 4.06. The molecule has 0 radical (unpaired) electrons. The Bertz CT molecular complexity index is 1440. The van der Waals surface area contributed by atoms with Crippen LogP contribution in [0, 0.1) is 17.6 Å². The molecule has 10 heteroatoms. The second-order valence-electron chi connectivity index (χ2n) is 7.95. The van der Waals surface area contributed by atoms with E-state index in [-0.39, 0.29) is 24.2 Å². The van der Waals surface area contributed by atoms with Crippen LogP contribution in [0.25, 0.3) is 22.4 Å². The van der Waals surface area contributed by atoms with Crippen LogP contribution in [0.2, 0.25) is 0 Å². The Morgan fingerprint density at radius 2 is 1.77 bits per heavy atom. The van der Waals surface area contributed by atoms with Crippen molar-refractivity contribution in [2.24, 2.45) is 5.92 Å². The number of halogens is 2. The van der Waals surface area contributed by atoms with Gasteiger partial charge in [-0.25, -0.2) is 13.8 Å². The number of para-hydroxylation sites is 1. The molecule has 3 amide bonds. The SMILES string of the molecule is O=C(NNC(=O)C1CCN(c2cc(F)cc(F)c2)C1=O)c1cc(-c2ccco2)nc2ccccc12. The molecule has 35 heavy (non-hydrogen) atoms. The van der Waals surface area contributed by atoms with Gasteiger partial charge in [0.05, 0.1) is 17.3 Å². The maximum atomic E-state index is 13.5. The van der Waals surface area contributed by atoms with Gasteiger partial charge in [-0.15, -0.1) is 0 Å². The van der Waals surface area contributed by atoms with Crippen LogP contribution in [0.5, 0.6) is 0 Å². The highest BCUT2D eigenvalue weighted by atomic mass is 19.1. The van der Waals surface area contributed by atoms with Crippen molar-refractivity contribution >= 4 is 34.3 Å². The van der Waals surface area contributed by atoms with Crippen molar-refractivity contribution in [2.75, 3.05) is 11.4 Å². The van der Waals surface area contributed by atoms with Gasteiger partial charge in [0, 0.05) is 23.7 Å². The van der Waals surface area contributed by atoms with E-state index >= 15 is 0 Å². The Kier molecular flexibility index (Phi) is 5.69. The largest absolute Gasteiger partial charge is 0.463 e. The van der Waals surface area contributed by atoms with Crippen molar-refractivity contribution in [1.82, 2.24) is 15.8 Å². The van der Waals surface area contributed by atoms with Gasteiger partial charge in [0.25, 0.3) is 11.8 Å². The molecule has 1 fully saturated rings. The van der Waals surface area contributed by atoms with Crippen molar-refractivity contribution in [3.05, 3.63) is 84.1 Å². The van der Waals surface area contributed by atoms with E-state index in [1.54, 1.807) is 42.5 Å². The van der Waals surface area contributed by atoms with Gasteiger partial charge < -0.3 is 9.32 Å². The normalized spacial score (nSPS) is 15.4. The molecule has 0 spiro atoms. The average Bonchev–Trinajstić information content (AvgIpc) is 3.51. The van der Waals surface area contributed by atoms with Crippen LogP contribution in [0.3, 0.4) is 0 Å². The summed E-state index contributed by atoms with van der Waals surface area (Å²) in [5, 5.41) is 0.561. The summed E-state index contributed by atoms with van der Waals surface area (Å²) in [6, 6.07) is 14.7. The van der Waals surface area contributed by atoms with Gasteiger partial charge >= 0.3 is 0 Å². The topological polar surface area (TPSA) is 105 Å². The Balaban J connectivity index is 1.32. The number of rotatable bonds is 4. The molecule has 1 aliphatic rings. The summed E-state index contributed by atoms with van der Waals surface area (Å²) in [4.78, 5) is 44.0. The summed E-state index contributed by atoms with van der Waals surface area (Å²) in [6.45, 7) is 0.106. The summed E-state index contributed by atoms with van der Waals surface area (Å²) in [6.07, 6.45) is 1.62. The molecule has 0 bridgehead atoms. The van der Waals surface area contributed by atoms with E-state index in [2.05, 4.69) is 15.8 Å². The van der Waals surface area contributed by atoms with Crippen molar-refractivity contribution in [3.8, 4) is 11.5 Å². The lowest BCUT2D eigenvalue weighted by Crippen LogP contribution is -2.46. The predicted molar refractivity (Wildman–Crippen MR) is 122 cm³/mol. The molecule has 1 unspecified atom stereocenters. The lowest BCUT2D eigenvalue weighted by atomic mass is 10.1. The van der Waals surface area contributed by atoms with Crippen LogP contribution < -0.4 is 15.8 Å². The third kappa shape index (κ3) is 4.33. The average molecular weight is 476 g/mol. The van der Waals surface area contributed by atoms with Crippen LogP contribution in [-0.4, -0.2) is 29.3 Å². The van der Waals surface area contributed by atoms with Crippen molar-refractivity contribution in [3.63, 3.8) is 0 Å². The summed E-state index contributed by atoms with van der Waals surface area (Å²) in [5.74, 6) is -4.26. The molecule has 3 heterocycles. The van der Waals surface area contributed by atoms with E-state index in [0.717, 1.165) is 17.0 Å². The first-order valence-electron chi connectivity index (χ1n) is 10.7. The van der Waals surface area contributed by atoms with E-state index in [9.17, 15) is 23.2 Å². The number of furan rings is 1. The number of fused-ring (bicyclic) bond motifs is 1. The van der Waals surface area contributed by atoms with Crippen molar-refractivity contribution in [1.29, 1.82) is 0 Å². The maximum Gasteiger partial charge on any atom is 0.270 e. The van der Waals surface area contributed by atoms with Gasteiger partial charge in [-0.05, 0) is 42.8 Å². The Morgan fingerprint density at radius 1 is 1.00 bits per heavy atom. The lowest BCUT2D eigenvalue weighted by Gasteiger charge is -2.17. The third-order valence-corrected chi connectivity index (χ3v) is 5.71. The predicted octanol–water partition coefficient (Wildman–Crippen LogP) is 3.59. The molecule has 2 N–H and O–H groups in total. The molecule has 2 aromatic carbocycles. The summed E-state index contributed by atoms with van der Waals surface area (Å²) in [5.41, 5.74) is 5.91. The highest BCUT2D eigenvalue weighted by Crippen LogP contribution is 2.27. The first-order chi connectivity index (χ1) is 16.9. The number of carbonyl (C=O) groups is 3. The number of hydrogen-bond acceptors (Lipinski definition) is 5. The summed E-state index contributed by atoms with van der Waals surface area (Å²) in [7, 11) is 0. The zero-order valence-corrected chi connectivity index (χ0v) is 18.1. The summed E-state index contributed by atoms with van der Waals surface area (Å²) >= 11 is 0. The number of hydrogen-bond donors (Lipinski definition) is 2. The molecule has 1 atom stereocenters. The van der Waals surface area contributed by atoms with Crippen LogP contribution >= 0.6 is 0 Å². The number of benzene rings is 2. The van der Waals surface area contributed by atoms with Gasteiger partial charge in [0.15, 0.2) is 5.76 Å². The number of nitrogens with one attached hydrogen (secondary N) is 2. The first-order valence-corrected chi connectivity index (χ1v) is 10.7. The quantitative estimate of drug-likeness (QED) is 0.346. The van der Waals surface area contributed by atoms with E-state index in [1.807, 2.05) is 0 Å². The first kappa shape index (κ1) is 22.2. The number of aromatic nitrogens is 1. The minimum atomic E-state index is -1.12. The molecular weight excluding hydrogens is 458 g/mol. The molecule has 1 aliphatic heterocycles. The van der Waals surface area contributed by atoms with Crippen molar-refractivity contribution in [2.45, 2.75) is 6.42 Å². The van der Waals surface area contributed by atoms with Crippen molar-refractivity contribution < 1.29 is 27.6 Å². The molecule has 1 saturated heterocycles. The fourth-order valence-electron chi connectivity index (χ4n) is 4.06. The van der Waals surface area contributed by atoms with Gasteiger partial charge in [0.1, 0.15) is 23.2 Å². The fraction of sp³-hybridized carbons (Fsp3) is 0.120. The molecule has 176 valence electrons.